The van der Waals surface area contributed by atoms with Crippen molar-refractivity contribution in [3.8, 4) is 0 Å². The molecule has 22 heavy (non-hydrogen) atoms. The van der Waals surface area contributed by atoms with Crippen molar-refractivity contribution >= 4 is 35.0 Å². The highest BCUT2D eigenvalue weighted by molar-refractivity contribution is 8.00. The average molecular weight is 316 g/mol. The van der Waals surface area contributed by atoms with E-state index < -0.39 is 5.97 Å². The Kier molecular flexibility index (Phi) is 5.06. The summed E-state index contributed by atoms with van der Waals surface area (Å²) in [5, 5.41) is 11.3. The van der Waals surface area contributed by atoms with Crippen molar-refractivity contribution < 1.29 is 14.7 Å². The molecule has 6 heteroatoms. The lowest BCUT2D eigenvalue weighted by atomic mass is 10.2. The van der Waals surface area contributed by atoms with Crippen molar-refractivity contribution in [2.45, 2.75) is 17.1 Å². The van der Waals surface area contributed by atoms with E-state index in [1.807, 2.05) is 12.1 Å². The molecule has 0 aromatic heterocycles. The van der Waals surface area contributed by atoms with Gasteiger partial charge in [0.1, 0.15) is 0 Å². The van der Waals surface area contributed by atoms with E-state index in [4.69, 9.17) is 10.8 Å². The number of benzene rings is 2. The highest BCUT2D eigenvalue weighted by atomic mass is 32.2. The van der Waals surface area contributed by atoms with E-state index in [-0.39, 0.29) is 16.7 Å². The summed E-state index contributed by atoms with van der Waals surface area (Å²) in [6.07, 6.45) is 0. The third kappa shape index (κ3) is 4.26. The van der Waals surface area contributed by atoms with Crippen LogP contribution in [0.25, 0.3) is 0 Å². The number of hydrogen-bond acceptors (Lipinski definition) is 4. The Bertz CT molecular complexity index is 703. The predicted molar refractivity (Wildman–Crippen MR) is 88.2 cm³/mol. The predicted octanol–water partition coefficient (Wildman–Crippen LogP) is 3.09. The summed E-state index contributed by atoms with van der Waals surface area (Å²) in [6, 6.07) is 13.5. The van der Waals surface area contributed by atoms with Crippen LogP contribution < -0.4 is 11.1 Å². The second-order valence-corrected chi connectivity index (χ2v) is 6.12. The van der Waals surface area contributed by atoms with Gasteiger partial charge in [-0.1, -0.05) is 12.1 Å². The van der Waals surface area contributed by atoms with E-state index in [0.717, 1.165) is 4.90 Å². The number of anilines is 2. The smallest absolute Gasteiger partial charge is 0.335 e. The highest BCUT2D eigenvalue weighted by Crippen LogP contribution is 2.25. The SMILES string of the molecule is CC(Sc1cccc(N)c1)C(=O)Nc1cccc(C(=O)O)c1. The number of thioether (sulfide) groups is 1. The van der Waals surface area contributed by atoms with Gasteiger partial charge in [-0.25, -0.2) is 4.79 Å². The molecule has 5 nitrogen and oxygen atoms in total. The Labute approximate surface area is 132 Å². The van der Waals surface area contributed by atoms with Gasteiger partial charge < -0.3 is 16.2 Å². The summed E-state index contributed by atoms with van der Waals surface area (Å²) in [4.78, 5) is 24.0. The Morgan fingerprint density at radius 1 is 1.18 bits per heavy atom. The quantitative estimate of drug-likeness (QED) is 0.582. The first kappa shape index (κ1) is 15.9. The van der Waals surface area contributed by atoms with Crippen LogP contribution in [-0.4, -0.2) is 22.2 Å². The van der Waals surface area contributed by atoms with E-state index >= 15 is 0 Å². The maximum atomic E-state index is 12.2. The van der Waals surface area contributed by atoms with Gasteiger partial charge in [0.05, 0.1) is 10.8 Å². The van der Waals surface area contributed by atoms with Crippen LogP contribution in [0.5, 0.6) is 0 Å². The molecule has 0 aliphatic rings. The molecule has 114 valence electrons. The van der Waals surface area contributed by atoms with E-state index in [1.165, 1.54) is 23.9 Å². The third-order valence-electron chi connectivity index (χ3n) is 2.92. The Morgan fingerprint density at radius 2 is 1.91 bits per heavy atom. The van der Waals surface area contributed by atoms with Crippen LogP contribution in [0.2, 0.25) is 0 Å². The summed E-state index contributed by atoms with van der Waals surface area (Å²) < 4.78 is 0. The minimum absolute atomic E-state index is 0.133. The third-order valence-corrected chi connectivity index (χ3v) is 4.01. The molecule has 2 aromatic rings. The summed E-state index contributed by atoms with van der Waals surface area (Å²) in [5.41, 5.74) is 6.95. The van der Waals surface area contributed by atoms with Crippen molar-refractivity contribution in [2.75, 3.05) is 11.1 Å². The van der Waals surface area contributed by atoms with Crippen LogP contribution in [-0.2, 0) is 4.79 Å². The average Bonchev–Trinajstić information content (AvgIpc) is 2.47. The molecule has 0 bridgehead atoms. The zero-order valence-corrected chi connectivity index (χ0v) is 12.8. The molecule has 1 amide bonds. The van der Waals surface area contributed by atoms with Crippen LogP contribution in [0.4, 0.5) is 11.4 Å². The maximum Gasteiger partial charge on any atom is 0.335 e. The Morgan fingerprint density at radius 3 is 2.59 bits per heavy atom. The fourth-order valence-electron chi connectivity index (χ4n) is 1.82. The second kappa shape index (κ2) is 7.00. The zero-order valence-electron chi connectivity index (χ0n) is 11.9. The Hall–Kier alpha value is -2.47. The van der Waals surface area contributed by atoms with E-state index in [0.29, 0.717) is 11.4 Å². The van der Waals surface area contributed by atoms with Crippen LogP contribution >= 0.6 is 11.8 Å². The van der Waals surface area contributed by atoms with Gasteiger partial charge in [-0.2, -0.15) is 0 Å². The molecule has 2 rings (SSSR count). The molecule has 0 radical (unpaired) electrons. The first-order chi connectivity index (χ1) is 10.5. The highest BCUT2D eigenvalue weighted by Gasteiger charge is 2.15. The Balaban J connectivity index is 2.02. The number of rotatable bonds is 5. The molecule has 0 saturated heterocycles. The molecule has 1 atom stereocenters. The van der Waals surface area contributed by atoms with E-state index in [9.17, 15) is 9.59 Å². The van der Waals surface area contributed by atoms with Gasteiger partial charge in [-0.3, -0.25) is 4.79 Å². The molecule has 0 aliphatic carbocycles. The number of nitrogen functional groups attached to an aromatic ring is 1. The van der Waals surface area contributed by atoms with E-state index in [2.05, 4.69) is 5.32 Å². The summed E-state index contributed by atoms with van der Waals surface area (Å²) in [6.45, 7) is 1.78. The van der Waals surface area contributed by atoms with Gasteiger partial charge in [0, 0.05) is 16.3 Å². The fourth-order valence-corrected chi connectivity index (χ4v) is 2.75. The first-order valence-corrected chi connectivity index (χ1v) is 7.50. The lowest BCUT2D eigenvalue weighted by Gasteiger charge is -2.12. The summed E-state index contributed by atoms with van der Waals surface area (Å²) in [7, 11) is 0. The van der Waals surface area contributed by atoms with Crippen LogP contribution in [0.15, 0.2) is 53.4 Å². The van der Waals surface area contributed by atoms with Crippen LogP contribution in [0, 0.1) is 0 Å². The largest absolute Gasteiger partial charge is 0.478 e. The van der Waals surface area contributed by atoms with Crippen molar-refractivity contribution in [3.63, 3.8) is 0 Å². The van der Waals surface area contributed by atoms with E-state index in [1.54, 1.807) is 31.2 Å². The molecule has 2 aromatic carbocycles. The van der Waals surface area contributed by atoms with Gasteiger partial charge in [0.25, 0.3) is 0 Å². The maximum absolute atomic E-state index is 12.2. The molecule has 0 saturated carbocycles. The molecule has 0 fully saturated rings. The molecule has 0 heterocycles. The number of nitrogens with two attached hydrogens (primary N) is 1. The summed E-state index contributed by atoms with van der Waals surface area (Å²) in [5.74, 6) is -1.23. The molecule has 1 unspecified atom stereocenters. The van der Waals surface area contributed by atoms with Gasteiger partial charge in [-0.05, 0) is 43.3 Å². The molecule has 4 N–H and O–H groups in total. The minimum atomic E-state index is -1.03. The lowest BCUT2D eigenvalue weighted by Crippen LogP contribution is -2.22. The number of hydrogen-bond donors (Lipinski definition) is 3. The molecular weight excluding hydrogens is 300 g/mol. The number of carbonyl (C=O) groups is 2. The standard InChI is InChI=1S/C16H16N2O3S/c1-10(22-14-7-3-5-12(17)9-14)15(19)18-13-6-2-4-11(8-13)16(20)21/h2-10H,17H2,1H3,(H,18,19)(H,20,21). The number of carboxylic acids is 1. The molecule has 0 spiro atoms. The first-order valence-electron chi connectivity index (χ1n) is 6.62. The van der Waals surface area contributed by atoms with Crippen molar-refractivity contribution in [1.29, 1.82) is 0 Å². The number of aromatic carboxylic acids is 1. The minimum Gasteiger partial charge on any atom is -0.478 e. The van der Waals surface area contributed by atoms with Crippen molar-refractivity contribution in [2.24, 2.45) is 0 Å². The number of nitrogens with one attached hydrogen (secondary N) is 1. The van der Waals surface area contributed by atoms with Crippen LogP contribution in [0.3, 0.4) is 0 Å². The topological polar surface area (TPSA) is 92.4 Å². The van der Waals surface area contributed by atoms with Gasteiger partial charge >= 0.3 is 5.97 Å². The van der Waals surface area contributed by atoms with Gasteiger partial charge in [0.15, 0.2) is 0 Å². The molecule has 0 aliphatic heterocycles. The number of amides is 1. The number of carboxylic acid groups (broad SMARTS) is 1. The monoisotopic (exact) mass is 316 g/mol. The normalized spacial score (nSPS) is 11.7. The lowest BCUT2D eigenvalue weighted by molar-refractivity contribution is -0.115. The van der Waals surface area contributed by atoms with Crippen molar-refractivity contribution in [3.05, 3.63) is 54.1 Å². The fraction of sp³-hybridized carbons (Fsp3) is 0.125. The number of carbonyl (C=O) groups excluding carboxylic acids is 1. The zero-order chi connectivity index (χ0) is 16.1. The van der Waals surface area contributed by atoms with Crippen molar-refractivity contribution in [1.82, 2.24) is 0 Å². The van der Waals surface area contributed by atoms with Gasteiger partial charge in [0.2, 0.25) is 5.91 Å². The van der Waals surface area contributed by atoms with Gasteiger partial charge in [-0.15, -0.1) is 11.8 Å². The van der Waals surface area contributed by atoms with Crippen LogP contribution in [0.1, 0.15) is 17.3 Å². The molecular formula is C16H16N2O3S. The summed E-state index contributed by atoms with van der Waals surface area (Å²) >= 11 is 1.39. The second-order valence-electron chi connectivity index (χ2n) is 4.71.